The second kappa shape index (κ2) is 5.13. The molecule has 0 saturated heterocycles. The summed E-state index contributed by atoms with van der Waals surface area (Å²) in [5.74, 6) is -0.256. The molecule has 1 aromatic rings. The number of carbonyl (C=O) groups is 1. The molecule has 3 N–H and O–H groups in total. The van der Waals surface area contributed by atoms with E-state index in [0.717, 1.165) is 0 Å². The molecule has 1 rings (SSSR count). The number of nitrogens with zero attached hydrogens (tertiary/aromatic N) is 3. The van der Waals surface area contributed by atoms with E-state index < -0.39 is 0 Å². The molecule has 1 amide bonds. The fourth-order valence-corrected chi connectivity index (χ4v) is 0.899. The van der Waals surface area contributed by atoms with E-state index in [1.54, 1.807) is 12.3 Å². The Bertz CT molecular complexity index is 319. The van der Waals surface area contributed by atoms with E-state index in [2.05, 4.69) is 22.2 Å². The van der Waals surface area contributed by atoms with Crippen LogP contribution >= 0.6 is 0 Å². The summed E-state index contributed by atoms with van der Waals surface area (Å²) in [6.07, 6.45) is 3.16. The Morgan fingerprint density at radius 1 is 1.79 bits per heavy atom. The van der Waals surface area contributed by atoms with Gasteiger partial charge in [0.2, 0.25) is 0 Å². The molecule has 0 radical (unpaired) electrons. The van der Waals surface area contributed by atoms with Gasteiger partial charge in [0.15, 0.2) is 5.69 Å². The van der Waals surface area contributed by atoms with Gasteiger partial charge in [0.25, 0.3) is 5.91 Å². The van der Waals surface area contributed by atoms with E-state index in [0.29, 0.717) is 25.3 Å². The van der Waals surface area contributed by atoms with Crippen LogP contribution in [0.25, 0.3) is 0 Å². The molecule has 0 spiro atoms. The Morgan fingerprint density at radius 2 is 2.57 bits per heavy atom. The largest absolute Gasteiger partial charge is 0.347 e. The molecular weight excluding hydrogens is 182 g/mol. The van der Waals surface area contributed by atoms with Crippen molar-refractivity contribution < 1.29 is 4.79 Å². The predicted octanol–water partition coefficient (Wildman–Crippen LogP) is -0.847. The average Bonchev–Trinajstić information content (AvgIpc) is 2.63. The Hall–Kier alpha value is -1.69. The quantitative estimate of drug-likeness (QED) is 0.599. The molecule has 1 heterocycles. The molecule has 0 aromatic carbocycles. The number of nitrogens with one attached hydrogen (secondary N) is 1. The van der Waals surface area contributed by atoms with Crippen LogP contribution in [0.4, 0.5) is 0 Å². The summed E-state index contributed by atoms with van der Waals surface area (Å²) in [6.45, 7) is 4.93. The SMILES string of the molecule is C=CCNC(=O)c1cn(CCN)nn1. The lowest BCUT2D eigenvalue weighted by Gasteiger charge is -1.96. The van der Waals surface area contributed by atoms with Gasteiger partial charge in [-0.2, -0.15) is 0 Å². The number of nitrogens with two attached hydrogens (primary N) is 1. The van der Waals surface area contributed by atoms with Gasteiger partial charge in [-0.1, -0.05) is 11.3 Å². The third-order valence-electron chi connectivity index (χ3n) is 1.54. The number of hydrogen-bond donors (Lipinski definition) is 2. The zero-order valence-electron chi connectivity index (χ0n) is 7.81. The standard InChI is InChI=1S/C8H13N5O/c1-2-4-10-8(14)7-6-13(5-3-9)12-11-7/h2,6H,1,3-5,9H2,(H,10,14). The Balaban J connectivity index is 2.57. The maximum Gasteiger partial charge on any atom is 0.273 e. The number of hydrogen-bond acceptors (Lipinski definition) is 4. The molecule has 0 fully saturated rings. The summed E-state index contributed by atoms with van der Waals surface area (Å²) in [6, 6.07) is 0. The van der Waals surface area contributed by atoms with Crippen molar-refractivity contribution in [3.63, 3.8) is 0 Å². The average molecular weight is 195 g/mol. The summed E-state index contributed by atoms with van der Waals surface area (Å²) in [5, 5.41) is 10.0. The Kier molecular flexibility index (Phi) is 3.81. The van der Waals surface area contributed by atoms with E-state index in [4.69, 9.17) is 5.73 Å². The third kappa shape index (κ3) is 2.67. The van der Waals surface area contributed by atoms with Gasteiger partial charge in [-0.25, -0.2) is 0 Å². The number of amides is 1. The van der Waals surface area contributed by atoms with Gasteiger partial charge in [-0.15, -0.1) is 11.7 Å². The van der Waals surface area contributed by atoms with Crippen molar-refractivity contribution in [3.8, 4) is 0 Å². The fraction of sp³-hybridized carbons (Fsp3) is 0.375. The maximum absolute atomic E-state index is 11.3. The highest BCUT2D eigenvalue weighted by atomic mass is 16.1. The van der Waals surface area contributed by atoms with Gasteiger partial charge in [-0.3, -0.25) is 9.48 Å². The minimum Gasteiger partial charge on any atom is -0.347 e. The minimum absolute atomic E-state index is 0.256. The molecule has 76 valence electrons. The van der Waals surface area contributed by atoms with Crippen molar-refractivity contribution in [2.24, 2.45) is 5.73 Å². The van der Waals surface area contributed by atoms with Gasteiger partial charge >= 0.3 is 0 Å². The highest BCUT2D eigenvalue weighted by Crippen LogP contribution is 1.92. The van der Waals surface area contributed by atoms with Crippen LogP contribution in [0.3, 0.4) is 0 Å². The van der Waals surface area contributed by atoms with Gasteiger partial charge in [0, 0.05) is 13.1 Å². The number of aromatic nitrogens is 3. The lowest BCUT2D eigenvalue weighted by atomic mass is 10.4. The van der Waals surface area contributed by atoms with Crippen LogP contribution in [0.2, 0.25) is 0 Å². The van der Waals surface area contributed by atoms with Crippen molar-refractivity contribution in [1.82, 2.24) is 20.3 Å². The first kappa shape index (κ1) is 10.4. The zero-order chi connectivity index (χ0) is 10.4. The Morgan fingerprint density at radius 3 is 3.21 bits per heavy atom. The lowest BCUT2D eigenvalue weighted by molar-refractivity contribution is 0.0953. The monoisotopic (exact) mass is 195 g/mol. The van der Waals surface area contributed by atoms with Crippen LogP contribution in [0.1, 0.15) is 10.5 Å². The fourth-order valence-electron chi connectivity index (χ4n) is 0.899. The molecule has 0 saturated carbocycles. The zero-order valence-corrected chi connectivity index (χ0v) is 7.81. The van der Waals surface area contributed by atoms with Crippen molar-refractivity contribution in [2.45, 2.75) is 6.54 Å². The van der Waals surface area contributed by atoms with Crippen LogP contribution in [-0.4, -0.2) is 34.0 Å². The summed E-state index contributed by atoms with van der Waals surface area (Å²) in [5.41, 5.74) is 5.62. The van der Waals surface area contributed by atoms with Crippen molar-refractivity contribution in [3.05, 3.63) is 24.5 Å². The second-order valence-electron chi connectivity index (χ2n) is 2.65. The van der Waals surface area contributed by atoms with Crippen LogP contribution in [0, 0.1) is 0 Å². The molecule has 0 unspecified atom stereocenters. The number of rotatable bonds is 5. The normalized spacial score (nSPS) is 9.79. The van der Waals surface area contributed by atoms with Gasteiger partial charge in [0.05, 0.1) is 12.7 Å². The van der Waals surface area contributed by atoms with E-state index in [-0.39, 0.29) is 5.91 Å². The first-order valence-corrected chi connectivity index (χ1v) is 4.27. The van der Waals surface area contributed by atoms with Crippen molar-refractivity contribution >= 4 is 5.91 Å². The molecule has 14 heavy (non-hydrogen) atoms. The second-order valence-corrected chi connectivity index (χ2v) is 2.65. The molecule has 0 aliphatic carbocycles. The summed E-state index contributed by atoms with van der Waals surface area (Å²) < 4.78 is 1.53. The molecule has 1 aromatic heterocycles. The van der Waals surface area contributed by atoms with Crippen LogP contribution < -0.4 is 11.1 Å². The highest BCUT2D eigenvalue weighted by molar-refractivity contribution is 5.91. The highest BCUT2D eigenvalue weighted by Gasteiger charge is 2.08. The van der Waals surface area contributed by atoms with Gasteiger partial charge in [-0.05, 0) is 0 Å². The van der Waals surface area contributed by atoms with E-state index >= 15 is 0 Å². The molecule has 6 nitrogen and oxygen atoms in total. The summed E-state index contributed by atoms with van der Waals surface area (Å²) >= 11 is 0. The minimum atomic E-state index is -0.256. The van der Waals surface area contributed by atoms with Gasteiger partial charge < -0.3 is 11.1 Å². The topological polar surface area (TPSA) is 85.8 Å². The van der Waals surface area contributed by atoms with E-state index in [1.807, 2.05) is 0 Å². The molecule has 0 atom stereocenters. The van der Waals surface area contributed by atoms with Crippen LogP contribution in [0.15, 0.2) is 18.9 Å². The van der Waals surface area contributed by atoms with E-state index in [1.165, 1.54) is 4.68 Å². The number of carbonyl (C=O) groups excluding carboxylic acids is 1. The molecule has 0 bridgehead atoms. The Labute approximate surface area is 81.8 Å². The smallest absolute Gasteiger partial charge is 0.273 e. The van der Waals surface area contributed by atoms with Crippen molar-refractivity contribution in [1.29, 1.82) is 0 Å². The van der Waals surface area contributed by atoms with Crippen LogP contribution in [0.5, 0.6) is 0 Å². The first-order chi connectivity index (χ1) is 6.77. The summed E-state index contributed by atoms with van der Waals surface area (Å²) in [4.78, 5) is 11.3. The van der Waals surface area contributed by atoms with Crippen molar-refractivity contribution in [2.75, 3.05) is 13.1 Å². The molecule has 6 heteroatoms. The van der Waals surface area contributed by atoms with Crippen LogP contribution in [-0.2, 0) is 6.54 Å². The first-order valence-electron chi connectivity index (χ1n) is 4.27. The molecular formula is C8H13N5O. The lowest BCUT2D eigenvalue weighted by Crippen LogP contribution is -2.23. The molecule has 0 aliphatic heterocycles. The molecule has 0 aliphatic rings. The van der Waals surface area contributed by atoms with E-state index in [9.17, 15) is 4.79 Å². The maximum atomic E-state index is 11.3. The third-order valence-corrected chi connectivity index (χ3v) is 1.54. The van der Waals surface area contributed by atoms with Gasteiger partial charge in [0.1, 0.15) is 0 Å². The predicted molar refractivity (Wildman–Crippen MR) is 51.6 cm³/mol. The summed E-state index contributed by atoms with van der Waals surface area (Å²) in [7, 11) is 0.